The van der Waals surface area contributed by atoms with Crippen LogP contribution in [-0.2, 0) is 28.4 Å². The first kappa shape index (κ1) is 50.2. The van der Waals surface area contributed by atoms with Crippen LogP contribution in [0.4, 0.5) is 0 Å². The summed E-state index contributed by atoms with van der Waals surface area (Å²) in [4.78, 5) is 0. The van der Waals surface area contributed by atoms with Gasteiger partial charge in [0.1, 0.15) is 67.1 Å². The summed E-state index contributed by atoms with van der Waals surface area (Å²) in [6.45, 7) is 16.2. The predicted octanol–water partition coefficient (Wildman–Crippen LogP) is 0.532. The van der Waals surface area contributed by atoms with Gasteiger partial charge in [0.25, 0.3) is 0 Å². The summed E-state index contributed by atoms with van der Waals surface area (Å²) >= 11 is 0. The van der Waals surface area contributed by atoms with Crippen molar-refractivity contribution in [2.45, 2.75) is 211 Å². The minimum Gasteiger partial charge on any atom is -0.396 e. The van der Waals surface area contributed by atoms with Gasteiger partial charge in [0.05, 0.1) is 38.1 Å². The molecule has 0 amide bonds. The van der Waals surface area contributed by atoms with Gasteiger partial charge in [-0.1, -0.05) is 71.8 Å². The average Bonchev–Trinajstić information content (AvgIpc) is 3.24. The second-order valence-electron chi connectivity index (χ2n) is 23.2. The maximum absolute atomic E-state index is 12.1. The van der Waals surface area contributed by atoms with Crippen molar-refractivity contribution >= 4 is 0 Å². The molecule has 3 aliphatic heterocycles. The lowest BCUT2D eigenvalue weighted by Crippen LogP contribution is -2.66. The lowest BCUT2D eigenvalue weighted by molar-refractivity contribution is -0.373. The maximum Gasteiger partial charge on any atom is 0.187 e. The van der Waals surface area contributed by atoms with Crippen LogP contribution in [0.15, 0.2) is 23.3 Å². The number of fused-ring (bicyclic) bond motifs is 7. The van der Waals surface area contributed by atoms with Crippen molar-refractivity contribution in [1.82, 2.24) is 0 Å². The highest BCUT2D eigenvalue weighted by Gasteiger charge is 2.68. The van der Waals surface area contributed by atoms with E-state index >= 15 is 0 Å². The number of ether oxygens (including phenoxy) is 6. The molecule has 8 aliphatic rings. The van der Waals surface area contributed by atoms with E-state index in [9.17, 15) is 56.2 Å². The maximum atomic E-state index is 12.1. The van der Waals surface area contributed by atoms with Crippen LogP contribution in [0.5, 0.6) is 0 Å². The Morgan fingerprint density at radius 1 is 0.615 bits per heavy atom. The fraction of sp³-hybridized carbons (Fsp3) is 0.917. The predicted molar refractivity (Wildman–Crippen MR) is 230 cm³/mol. The van der Waals surface area contributed by atoms with E-state index in [4.69, 9.17) is 28.4 Å². The summed E-state index contributed by atoms with van der Waals surface area (Å²) in [5.41, 5.74) is 0.933. The SMILES string of the molecule is CC1OC(OC2C(COC3OC(CO)C(O)C(O)C3O)OC(OC3CCC4(C)C5=CC=C6C7CC(C)(C)CCC7(CO)C(O)CC6(C)C5(C)CCC4C3(C)C)C(O)C2O)C(O)C(O)C1O. The number of aliphatic hydroxyl groups is 11. The van der Waals surface area contributed by atoms with Crippen LogP contribution >= 0.6 is 0 Å². The van der Waals surface area contributed by atoms with Crippen molar-refractivity contribution < 1.29 is 84.6 Å². The molecule has 0 aromatic rings. The Morgan fingerprint density at radius 3 is 1.92 bits per heavy atom. The Morgan fingerprint density at radius 2 is 1.25 bits per heavy atom. The summed E-state index contributed by atoms with van der Waals surface area (Å²) in [6, 6.07) is 0. The number of aliphatic hydroxyl groups excluding tert-OH is 11. The van der Waals surface area contributed by atoms with Gasteiger partial charge >= 0.3 is 0 Å². The van der Waals surface area contributed by atoms with Crippen molar-refractivity contribution in [3.8, 4) is 0 Å². The second kappa shape index (κ2) is 17.6. The van der Waals surface area contributed by atoms with Crippen LogP contribution in [0.25, 0.3) is 0 Å². The molecule has 372 valence electrons. The van der Waals surface area contributed by atoms with Gasteiger partial charge in [0, 0.05) is 10.8 Å². The topological polar surface area (TPSA) is 278 Å². The van der Waals surface area contributed by atoms with Gasteiger partial charge in [-0.15, -0.1) is 0 Å². The average molecular weight is 927 g/mol. The van der Waals surface area contributed by atoms with Crippen molar-refractivity contribution in [1.29, 1.82) is 0 Å². The van der Waals surface area contributed by atoms with E-state index in [1.54, 1.807) is 0 Å². The lowest BCUT2D eigenvalue weighted by atomic mass is 9.35. The Balaban J connectivity index is 1.04. The zero-order valence-electron chi connectivity index (χ0n) is 39.3. The molecule has 8 rings (SSSR count). The Hall–Kier alpha value is -1.20. The Kier molecular flexibility index (Phi) is 13.6. The van der Waals surface area contributed by atoms with Crippen LogP contribution < -0.4 is 0 Å². The third-order valence-corrected chi connectivity index (χ3v) is 18.8. The fourth-order valence-corrected chi connectivity index (χ4v) is 14.4. The smallest absolute Gasteiger partial charge is 0.187 e. The quantitative estimate of drug-likeness (QED) is 0.141. The van der Waals surface area contributed by atoms with Gasteiger partial charge in [-0.2, -0.15) is 0 Å². The highest BCUT2D eigenvalue weighted by atomic mass is 16.8. The number of hydrogen-bond acceptors (Lipinski definition) is 17. The van der Waals surface area contributed by atoms with Gasteiger partial charge in [-0.25, -0.2) is 0 Å². The summed E-state index contributed by atoms with van der Waals surface area (Å²) in [7, 11) is 0. The van der Waals surface area contributed by atoms with Crippen LogP contribution in [0.2, 0.25) is 0 Å². The highest BCUT2D eigenvalue weighted by Crippen LogP contribution is 2.74. The van der Waals surface area contributed by atoms with E-state index in [0.717, 1.165) is 38.5 Å². The largest absolute Gasteiger partial charge is 0.396 e. The first-order valence-corrected chi connectivity index (χ1v) is 24.0. The second-order valence-corrected chi connectivity index (χ2v) is 23.2. The zero-order valence-corrected chi connectivity index (χ0v) is 39.3. The first-order valence-electron chi connectivity index (χ1n) is 24.0. The molecule has 7 fully saturated rings. The Labute approximate surface area is 382 Å². The molecule has 4 saturated carbocycles. The van der Waals surface area contributed by atoms with E-state index in [0.29, 0.717) is 12.8 Å². The molecule has 11 N–H and O–H groups in total. The molecule has 23 unspecified atom stereocenters. The molecular weight excluding hydrogens is 849 g/mol. The molecule has 3 heterocycles. The molecule has 65 heavy (non-hydrogen) atoms. The van der Waals surface area contributed by atoms with E-state index in [1.807, 2.05) is 0 Å². The van der Waals surface area contributed by atoms with Gasteiger partial charge in [-0.05, 0) is 91.8 Å². The third-order valence-electron chi connectivity index (χ3n) is 18.8. The van der Waals surface area contributed by atoms with Crippen LogP contribution in [0.3, 0.4) is 0 Å². The molecule has 0 bridgehead atoms. The summed E-state index contributed by atoms with van der Waals surface area (Å²) in [5.74, 6) is 0.189. The van der Waals surface area contributed by atoms with E-state index in [-0.39, 0.29) is 40.1 Å². The molecular formula is C48H78O17. The third kappa shape index (κ3) is 7.87. The first-order chi connectivity index (χ1) is 30.3. The fourth-order valence-electron chi connectivity index (χ4n) is 14.4. The van der Waals surface area contributed by atoms with Gasteiger partial charge in [-0.3, -0.25) is 0 Å². The van der Waals surface area contributed by atoms with Gasteiger partial charge in [0.2, 0.25) is 0 Å². The van der Waals surface area contributed by atoms with Gasteiger partial charge < -0.3 is 84.6 Å². The normalized spacial score (nSPS) is 54.0. The Bertz CT molecular complexity index is 1790. The van der Waals surface area contributed by atoms with Crippen molar-refractivity contribution in [3.05, 3.63) is 23.3 Å². The van der Waals surface area contributed by atoms with Crippen molar-refractivity contribution in [2.75, 3.05) is 19.8 Å². The highest BCUT2D eigenvalue weighted by molar-refractivity contribution is 5.46. The van der Waals surface area contributed by atoms with E-state index in [2.05, 4.69) is 60.6 Å². The molecule has 0 aromatic heterocycles. The van der Waals surface area contributed by atoms with Crippen molar-refractivity contribution in [2.24, 2.45) is 44.3 Å². The molecule has 0 radical (unpaired) electrons. The molecule has 0 spiro atoms. The number of hydrogen-bond donors (Lipinski definition) is 11. The molecule has 3 saturated heterocycles. The molecule has 17 nitrogen and oxygen atoms in total. The van der Waals surface area contributed by atoms with E-state index in [1.165, 1.54) is 18.1 Å². The van der Waals surface area contributed by atoms with Crippen LogP contribution in [-0.4, -0.2) is 180 Å². The molecule has 23 atom stereocenters. The molecule has 5 aliphatic carbocycles. The number of rotatable bonds is 9. The van der Waals surface area contributed by atoms with Crippen LogP contribution in [0, 0.1) is 44.3 Å². The standard InChI is InChI=1S/C48H78O17/c1-22-31(52)33(54)37(58)41(61-22)65-39-26(20-60-40-36(57)34(55)32(53)25(19-49)62-40)63-42(38(59)35(39)56)64-30-12-13-45(6)27(44(30,4)5)11-14-46(7)28(45)10-9-23-24-17-43(2,3)15-16-48(24,21-50)29(51)18-47(23,46)8/h9-10,22,24-27,29-42,49-59H,11-21H2,1-8H3. The minimum atomic E-state index is -1.76. The summed E-state index contributed by atoms with van der Waals surface area (Å²) in [6.07, 6.45) is -13.3. The summed E-state index contributed by atoms with van der Waals surface area (Å²) in [5, 5.41) is 119. The number of allylic oxidation sites excluding steroid dienone is 4. The minimum absolute atomic E-state index is 0.0341. The zero-order chi connectivity index (χ0) is 47.6. The molecule has 17 heteroatoms. The summed E-state index contributed by atoms with van der Waals surface area (Å²) < 4.78 is 36.2. The van der Waals surface area contributed by atoms with Gasteiger partial charge in [0.15, 0.2) is 18.9 Å². The van der Waals surface area contributed by atoms with Crippen molar-refractivity contribution in [3.63, 3.8) is 0 Å². The molecule has 0 aromatic carbocycles. The monoisotopic (exact) mass is 927 g/mol. The van der Waals surface area contributed by atoms with Crippen LogP contribution in [0.1, 0.15) is 107 Å². The van der Waals surface area contributed by atoms with E-state index < -0.39 is 128 Å². The lowest BCUT2D eigenvalue weighted by Gasteiger charge is -2.69.